The van der Waals surface area contributed by atoms with Crippen LogP contribution < -0.4 is 0 Å². The van der Waals surface area contributed by atoms with Gasteiger partial charge in [-0.05, 0) is 31.1 Å². The molecule has 0 N–H and O–H groups in total. The van der Waals surface area contributed by atoms with Gasteiger partial charge in [0.1, 0.15) is 0 Å². The molecule has 0 amide bonds. The summed E-state index contributed by atoms with van der Waals surface area (Å²) < 4.78 is 13.6. The van der Waals surface area contributed by atoms with Gasteiger partial charge < -0.3 is 0 Å². The van der Waals surface area contributed by atoms with E-state index in [0.29, 0.717) is 14.8 Å². The standard InChI is InChI=1S/C9H10ClFS2/c1-5-4-6(12-2)8(11)9(13-3)7(5)10/h4H,1-3H3. The first kappa shape index (κ1) is 11.2. The Bertz CT molecular complexity index is 326. The first-order valence-electron chi connectivity index (χ1n) is 3.68. The molecule has 1 aromatic carbocycles. The van der Waals surface area contributed by atoms with Gasteiger partial charge in [0, 0.05) is 4.90 Å². The molecule has 0 unspecified atom stereocenters. The van der Waals surface area contributed by atoms with Gasteiger partial charge in [-0.25, -0.2) is 4.39 Å². The molecule has 72 valence electrons. The Balaban J connectivity index is 3.39. The van der Waals surface area contributed by atoms with Crippen LogP contribution in [-0.2, 0) is 0 Å². The van der Waals surface area contributed by atoms with Crippen molar-refractivity contribution in [3.05, 3.63) is 22.5 Å². The number of benzene rings is 1. The van der Waals surface area contributed by atoms with Crippen molar-refractivity contribution in [2.45, 2.75) is 16.7 Å². The van der Waals surface area contributed by atoms with Crippen molar-refractivity contribution in [2.75, 3.05) is 12.5 Å². The van der Waals surface area contributed by atoms with Gasteiger partial charge in [0.25, 0.3) is 0 Å². The van der Waals surface area contributed by atoms with Crippen molar-refractivity contribution in [2.24, 2.45) is 0 Å². The predicted octanol–water partition coefficient (Wildman–Crippen LogP) is 4.23. The number of halogens is 2. The number of aryl methyl sites for hydroxylation is 1. The highest BCUT2D eigenvalue weighted by Gasteiger charge is 2.13. The lowest BCUT2D eigenvalue weighted by Crippen LogP contribution is -1.89. The quantitative estimate of drug-likeness (QED) is 0.705. The van der Waals surface area contributed by atoms with E-state index < -0.39 is 0 Å². The van der Waals surface area contributed by atoms with Gasteiger partial charge in [0.05, 0.1) is 9.92 Å². The maximum absolute atomic E-state index is 13.6. The maximum atomic E-state index is 13.6. The summed E-state index contributed by atoms with van der Waals surface area (Å²) in [5.74, 6) is -0.199. The molecule has 0 nitrogen and oxygen atoms in total. The highest BCUT2D eigenvalue weighted by molar-refractivity contribution is 7.99. The molecule has 0 fully saturated rings. The molecule has 0 aromatic heterocycles. The van der Waals surface area contributed by atoms with E-state index >= 15 is 0 Å². The van der Waals surface area contributed by atoms with E-state index in [0.717, 1.165) is 5.56 Å². The molecule has 0 aliphatic heterocycles. The Kier molecular flexibility index (Phi) is 3.95. The summed E-state index contributed by atoms with van der Waals surface area (Å²) >= 11 is 8.70. The molecule has 0 saturated carbocycles. The lowest BCUT2D eigenvalue weighted by atomic mass is 10.2. The van der Waals surface area contributed by atoms with Gasteiger partial charge in [0.15, 0.2) is 5.82 Å². The Labute approximate surface area is 91.2 Å². The topological polar surface area (TPSA) is 0 Å². The van der Waals surface area contributed by atoms with Gasteiger partial charge in [-0.2, -0.15) is 0 Å². The van der Waals surface area contributed by atoms with Gasteiger partial charge in [0.2, 0.25) is 0 Å². The van der Waals surface area contributed by atoms with E-state index in [4.69, 9.17) is 11.6 Å². The number of thioether (sulfide) groups is 2. The van der Waals surface area contributed by atoms with Crippen LogP contribution in [0.5, 0.6) is 0 Å². The van der Waals surface area contributed by atoms with Crippen LogP contribution in [0.4, 0.5) is 4.39 Å². The molecule has 0 radical (unpaired) electrons. The van der Waals surface area contributed by atoms with Crippen molar-refractivity contribution in [3.8, 4) is 0 Å². The van der Waals surface area contributed by atoms with Crippen LogP contribution in [0.2, 0.25) is 5.02 Å². The third-order valence-electron chi connectivity index (χ3n) is 1.73. The van der Waals surface area contributed by atoms with Gasteiger partial charge in [-0.3, -0.25) is 0 Å². The lowest BCUT2D eigenvalue weighted by molar-refractivity contribution is 0.575. The minimum atomic E-state index is -0.199. The van der Waals surface area contributed by atoms with Crippen molar-refractivity contribution in [1.29, 1.82) is 0 Å². The Morgan fingerprint density at radius 2 is 1.92 bits per heavy atom. The van der Waals surface area contributed by atoms with E-state index in [9.17, 15) is 4.39 Å². The second-order valence-corrected chi connectivity index (χ2v) is 4.60. The Morgan fingerprint density at radius 1 is 1.31 bits per heavy atom. The third kappa shape index (κ3) is 2.14. The zero-order valence-corrected chi connectivity index (χ0v) is 10.0. The number of hydrogen-bond donors (Lipinski definition) is 0. The molecular formula is C9H10ClFS2. The van der Waals surface area contributed by atoms with Gasteiger partial charge in [-0.1, -0.05) is 11.6 Å². The molecule has 0 spiro atoms. The van der Waals surface area contributed by atoms with Gasteiger partial charge >= 0.3 is 0 Å². The fourth-order valence-electron chi connectivity index (χ4n) is 1.04. The molecule has 0 aliphatic carbocycles. The molecular weight excluding hydrogens is 227 g/mol. The molecule has 4 heteroatoms. The van der Waals surface area contributed by atoms with Crippen LogP contribution in [0, 0.1) is 12.7 Å². The highest BCUT2D eigenvalue weighted by atomic mass is 35.5. The lowest BCUT2D eigenvalue weighted by Gasteiger charge is -2.09. The summed E-state index contributed by atoms with van der Waals surface area (Å²) in [5.41, 5.74) is 0.928. The minimum Gasteiger partial charge on any atom is -0.204 e. The summed E-state index contributed by atoms with van der Waals surface area (Å²) in [6.45, 7) is 1.89. The third-order valence-corrected chi connectivity index (χ3v) is 3.86. The summed E-state index contributed by atoms with van der Waals surface area (Å²) in [4.78, 5) is 1.21. The minimum absolute atomic E-state index is 0.199. The van der Waals surface area contributed by atoms with Crippen LogP contribution >= 0.6 is 35.1 Å². The number of hydrogen-bond acceptors (Lipinski definition) is 2. The zero-order valence-electron chi connectivity index (χ0n) is 7.65. The summed E-state index contributed by atoms with van der Waals surface area (Å²) in [6, 6.07) is 1.78. The van der Waals surface area contributed by atoms with Crippen molar-refractivity contribution >= 4 is 35.1 Å². The van der Waals surface area contributed by atoms with Crippen LogP contribution in [0.15, 0.2) is 15.9 Å². The summed E-state index contributed by atoms with van der Waals surface area (Å²) in [6.07, 6.45) is 3.68. The molecule has 0 aliphatic rings. The molecule has 0 heterocycles. The van der Waals surface area contributed by atoms with Crippen LogP contribution in [0.1, 0.15) is 5.56 Å². The fourth-order valence-corrected chi connectivity index (χ4v) is 2.68. The first-order chi connectivity index (χ1) is 6.11. The maximum Gasteiger partial charge on any atom is 0.151 e. The second kappa shape index (κ2) is 4.58. The first-order valence-corrected chi connectivity index (χ1v) is 6.51. The zero-order chi connectivity index (χ0) is 10.0. The SMILES string of the molecule is CSc1cc(C)c(Cl)c(SC)c1F. The van der Waals surface area contributed by atoms with E-state index in [1.54, 1.807) is 6.07 Å². The van der Waals surface area contributed by atoms with Crippen LogP contribution in [0.25, 0.3) is 0 Å². The molecule has 1 aromatic rings. The van der Waals surface area contributed by atoms with Crippen molar-refractivity contribution in [3.63, 3.8) is 0 Å². The average molecular weight is 237 g/mol. The van der Waals surface area contributed by atoms with Crippen molar-refractivity contribution in [1.82, 2.24) is 0 Å². The van der Waals surface area contributed by atoms with E-state index in [-0.39, 0.29) is 5.82 Å². The fraction of sp³-hybridized carbons (Fsp3) is 0.333. The molecule has 1 rings (SSSR count). The van der Waals surface area contributed by atoms with E-state index in [1.807, 2.05) is 19.4 Å². The summed E-state index contributed by atoms with van der Waals surface area (Å²) in [5, 5.41) is 0.530. The van der Waals surface area contributed by atoms with Crippen LogP contribution in [0.3, 0.4) is 0 Å². The molecule has 0 atom stereocenters. The number of rotatable bonds is 2. The Morgan fingerprint density at radius 3 is 2.38 bits per heavy atom. The predicted molar refractivity (Wildman–Crippen MR) is 59.7 cm³/mol. The largest absolute Gasteiger partial charge is 0.204 e. The van der Waals surface area contributed by atoms with E-state index in [2.05, 4.69) is 0 Å². The smallest absolute Gasteiger partial charge is 0.151 e. The highest BCUT2D eigenvalue weighted by Crippen LogP contribution is 2.36. The van der Waals surface area contributed by atoms with Crippen molar-refractivity contribution < 1.29 is 4.39 Å². The molecule has 0 bridgehead atoms. The average Bonchev–Trinajstić information content (AvgIpc) is 2.12. The van der Waals surface area contributed by atoms with E-state index in [1.165, 1.54) is 23.5 Å². The normalized spacial score (nSPS) is 10.5. The summed E-state index contributed by atoms with van der Waals surface area (Å²) in [7, 11) is 0. The second-order valence-electron chi connectivity index (χ2n) is 2.56. The van der Waals surface area contributed by atoms with Crippen LogP contribution in [-0.4, -0.2) is 12.5 Å². The van der Waals surface area contributed by atoms with Gasteiger partial charge in [-0.15, -0.1) is 23.5 Å². The monoisotopic (exact) mass is 236 g/mol. The molecule has 0 saturated heterocycles. The Hall–Kier alpha value is 0.140. The molecule has 13 heavy (non-hydrogen) atoms.